The highest BCUT2D eigenvalue weighted by Gasteiger charge is 2.36. The van der Waals surface area contributed by atoms with Crippen LogP contribution in [0.1, 0.15) is 15.9 Å². The minimum atomic E-state index is -0.595. The minimum Gasteiger partial charge on any atom is -0.497 e. The summed E-state index contributed by atoms with van der Waals surface area (Å²) in [6.07, 6.45) is 1.49. The van der Waals surface area contributed by atoms with Gasteiger partial charge in [0.1, 0.15) is 18.0 Å². The van der Waals surface area contributed by atoms with E-state index in [2.05, 4.69) is 5.32 Å². The number of esters is 1. The maximum absolute atomic E-state index is 12.7. The average Bonchev–Trinajstić information content (AvgIpc) is 3.13. The normalized spacial score (nSPS) is 14.2. The molecular weight excluding hydrogens is 504 g/mol. The Balaban J connectivity index is 1.41. The van der Waals surface area contributed by atoms with Crippen molar-refractivity contribution in [3.8, 4) is 11.5 Å². The first-order valence-corrected chi connectivity index (χ1v) is 11.8. The number of carbonyl (C=O) groups excluding carboxylic acids is 4. The second-order valence-electron chi connectivity index (χ2n) is 7.49. The number of hydrogen-bond acceptors (Lipinski definition) is 7. The van der Waals surface area contributed by atoms with Crippen LogP contribution in [0.3, 0.4) is 0 Å². The fourth-order valence-electron chi connectivity index (χ4n) is 3.23. The Labute approximate surface area is 215 Å². The summed E-state index contributed by atoms with van der Waals surface area (Å²) in [6, 6.07) is 19.7. The van der Waals surface area contributed by atoms with Crippen molar-refractivity contribution < 1.29 is 28.7 Å². The highest BCUT2D eigenvalue weighted by atomic mass is 35.5. The fraction of sp³-hybridized carbons (Fsp3) is 0.0769. The van der Waals surface area contributed by atoms with Crippen molar-refractivity contribution in [1.82, 2.24) is 4.90 Å². The van der Waals surface area contributed by atoms with E-state index in [1.165, 1.54) is 25.3 Å². The molecule has 0 unspecified atom stereocenters. The maximum Gasteiger partial charge on any atom is 0.343 e. The zero-order chi connectivity index (χ0) is 25.7. The van der Waals surface area contributed by atoms with E-state index in [1.807, 2.05) is 0 Å². The monoisotopic (exact) mass is 522 g/mol. The van der Waals surface area contributed by atoms with Crippen LogP contribution >= 0.6 is 23.4 Å². The van der Waals surface area contributed by atoms with Crippen LogP contribution in [0.2, 0.25) is 5.02 Å². The van der Waals surface area contributed by atoms with E-state index < -0.39 is 29.6 Å². The number of nitrogens with one attached hydrogen (secondary N) is 1. The van der Waals surface area contributed by atoms with Crippen molar-refractivity contribution in [2.75, 3.05) is 19.0 Å². The number of rotatable bonds is 7. The molecule has 1 N–H and O–H groups in total. The number of nitrogens with zero attached hydrogens (tertiary/aromatic N) is 1. The van der Waals surface area contributed by atoms with Gasteiger partial charge in [0.05, 0.1) is 22.6 Å². The molecule has 182 valence electrons. The Morgan fingerprint density at radius 2 is 1.75 bits per heavy atom. The Bertz CT molecular complexity index is 1360. The van der Waals surface area contributed by atoms with E-state index in [0.29, 0.717) is 22.6 Å². The van der Waals surface area contributed by atoms with Crippen molar-refractivity contribution in [2.24, 2.45) is 0 Å². The van der Waals surface area contributed by atoms with Gasteiger partial charge in [0.25, 0.3) is 11.1 Å². The first kappa shape index (κ1) is 25.0. The number of thioether (sulfide) groups is 1. The summed E-state index contributed by atoms with van der Waals surface area (Å²) in [7, 11) is 1.53. The summed E-state index contributed by atoms with van der Waals surface area (Å²) >= 11 is 7.01. The van der Waals surface area contributed by atoms with Gasteiger partial charge < -0.3 is 14.8 Å². The zero-order valence-corrected chi connectivity index (χ0v) is 20.5. The average molecular weight is 523 g/mol. The Hall–Kier alpha value is -4.08. The van der Waals surface area contributed by atoms with E-state index in [-0.39, 0.29) is 15.7 Å². The molecule has 0 aromatic heterocycles. The topological polar surface area (TPSA) is 102 Å². The summed E-state index contributed by atoms with van der Waals surface area (Å²) in [5, 5.41) is 2.24. The molecule has 1 saturated heterocycles. The number of para-hydroxylation sites is 1. The number of ether oxygens (including phenoxy) is 2. The SMILES string of the molecule is COc1ccc(C(=O)Oc2ccc(/C=C3\SC(=O)N(CC(=O)Nc4ccccc4)C3=O)cc2Cl)cc1. The van der Waals surface area contributed by atoms with Crippen LogP contribution in [0.5, 0.6) is 11.5 Å². The molecule has 0 atom stereocenters. The van der Waals surface area contributed by atoms with E-state index in [9.17, 15) is 19.2 Å². The van der Waals surface area contributed by atoms with E-state index in [4.69, 9.17) is 21.1 Å². The molecule has 0 saturated carbocycles. The number of halogens is 1. The highest BCUT2D eigenvalue weighted by molar-refractivity contribution is 8.18. The quantitative estimate of drug-likeness (QED) is 0.257. The molecule has 36 heavy (non-hydrogen) atoms. The lowest BCUT2D eigenvalue weighted by molar-refractivity contribution is -0.127. The number of benzene rings is 3. The lowest BCUT2D eigenvalue weighted by Crippen LogP contribution is -2.36. The predicted octanol–water partition coefficient (Wildman–Crippen LogP) is 5.24. The molecule has 0 aliphatic carbocycles. The molecule has 4 rings (SSSR count). The van der Waals surface area contributed by atoms with Gasteiger partial charge in [0.2, 0.25) is 5.91 Å². The van der Waals surface area contributed by atoms with Crippen LogP contribution in [0.25, 0.3) is 6.08 Å². The molecule has 10 heteroatoms. The van der Waals surface area contributed by atoms with Crippen LogP contribution < -0.4 is 14.8 Å². The predicted molar refractivity (Wildman–Crippen MR) is 137 cm³/mol. The molecule has 1 aliphatic rings. The first-order valence-electron chi connectivity index (χ1n) is 10.6. The molecule has 1 aliphatic heterocycles. The summed E-state index contributed by atoms with van der Waals surface area (Å²) < 4.78 is 10.4. The lowest BCUT2D eigenvalue weighted by Gasteiger charge is -2.12. The largest absolute Gasteiger partial charge is 0.497 e. The van der Waals surface area contributed by atoms with Gasteiger partial charge in [-0.15, -0.1) is 0 Å². The lowest BCUT2D eigenvalue weighted by atomic mass is 10.2. The Morgan fingerprint density at radius 1 is 1.03 bits per heavy atom. The van der Waals surface area contributed by atoms with E-state index in [0.717, 1.165) is 16.7 Å². The number of imide groups is 1. The van der Waals surface area contributed by atoms with Crippen LogP contribution in [0.15, 0.2) is 77.7 Å². The van der Waals surface area contributed by atoms with Gasteiger partial charge >= 0.3 is 5.97 Å². The third kappa shape index (κ3) is 5.94. The van der Waals surface area contributed by atoms with Gasteiger partial charge in [-0.25, -0.2) is 4.79 Å². The second kappa shape index (κ2) is 11.1. The first-order chi connectivity index (χ1) is 17.3. The maximum atomic E-state index is 12.7. The molecule has 1 heterocycles. The van der Waals surface area contributed by atoms with Crippen molar-refractivity contribution in [2.45, 2.75) is 0 Å². The number of amides is 3. The van der Waals surface area contributed by atoms with Crippen LogP contribution in [-0.4, -0.2) is 41.6 Å². The minimum absolute atomic E-state index is 0.139. The number of hydrogen-bond donors (Lipinski definition) is 1. The van der Waals surface area contributed by atoms with Crippen molar-refractivity contribution in [1.29, 1.82) is 0 Å². The number of methoxy groups -OCH3 is 1. The molecule has 1 fully saturated rings. The smallest absolute Gasteiger partial charge is 0.343 e. The molecular formula is C26H19ClN2O6S. The summed E-state index contributed by atoms with van der Waals surface area (Å²) in [4.78, 5) is 50.8. The third-order valence-corrected chi connectivity index (χ3v) is 6.22. The molecule has 3 aromatic carbocycles. The van der Waals surface area contributed by atoms with Crippen LogP contribution in [-0.2, 0) is 9.59 Å². The Morgan fingerprint density at radius 3 is 2.42 bits per heavy atom. The second-order valence-corrected chi connectivity index (χ2v) is 8.89. The van der Waals surface area contributed by atoms with E-state index >= 15 is 0 Å². The van der Waals surface area contributed by atoms with Gasteiger partial charge in [0, 0.05) is 5.69 Å². The fourth-order valence-corrected chi connectivity index (χ4v) is 4.29. The summed E-state index contributed by atoms with van der Waals surface area (Å²) in [5.41, 5.74) is 1.40. The molecule has 3 aromatic rings. The molecule has 0 radical (unpaired) electrons. The standard InChI is InChI=1S/C26H19ClN2O6S/c1-34-19-10-8-17(9-11-19)25(32)35-21-12-7-16(13-20(21)27)14-22-24(31)29(26(33)36-22)15-23(30)28-18-5-3-2-4-6-18/h2-14H,15H2,1H3,(H,28,30)/b22-14-. The summed E-state index contributed by atoms with van der Waals surface area (Å²) in [6.45, 7) is -0.405. The van der Waals surface area contributed by atoms with Crippen molar-refractivity contribution in [3.63, 3.8) is 0 Å². The number of carbonyl (C=O) groups is 4. The zero-order valence-electron chi connectivity index (χ0n) is 18.9. The van der Waals surface area contributed by atoms with Gasteiger partial charge in [-0.05, 0) is 71.9 Å². The van der Waals surface area contributed by atoms with Crippen molar-refractivity contribution in [3.05, 3.63) is 93.9 Å². The van der Waals surface area contributed by atoms with E-state index in [1.54, 1.807) is 60.7 Å². The van der Waals surface area contributed by atoms with Crippen LogP contribution in [0.4, 0.5) is 10.5 Å². The summed E-state index contributed by atoms with van der Waals surface area (Å²) in [5.74, 6) is -0.923. The van der Waals surface area contributed by atoms with Gasteiger partial charge in [-0.3, -0.25) is 19.3 Å². The Kier molecular flexibility index (Phi) is 7.72. The van der Waals surface area contributed by atoms with Gasteiger partial charge in [-0.2, -0.15) is 0 Å². The van der Waals surface area contributed by atoms with Gasteiger partial charge in [0.15, 0.2) is 0 Å². The molecule has 8 nitrogen and oxygen atoms in total. The highest BCUT2D eigenvalue weighted by Crippen LogP contribution is 2.34. The molecule has 3 amide bonds. The molecule has 0 bridgehead atoms. The van der Waals surface area contributed by atoms with Crippen molar-refractivity contribution >= 4 is 58.1 Å². The van der Waals surface area contributed by atoms with Crippen LogP contribution in [0, 0.1) is 0 Å². The van der Waals surface area contributed by atoms with Gasteiger partial charge in [-0.1, -0.05) is 35.9 Å². The third-order valence-electron chi connectivity index (χ3n) is 5.01. The molecule has 0 spiro atoms. The number of anilines is 1.